The zero-order valence-corrected chi connectivity index (χ0v) is 15.3. The lowest BCUT2D eigenvalue weighted by molar-refractivity contribution is 0.202. The minimum absolute atomic E-state index is 0.539. The van der Waals surface area contributed by atoms with E-state index in [4.69, 9.17) is 9.72 Å². The van der Waals surface area contributed by atoms with Crippen LogP contribution in [0.2, 0.25) is 0 Å². The van der Waals surface area contributed by atoms with Crippen LogP contribution in [0.5, 0.6) is 0 Å². The minimum Gasteiger partial charge on any atom is -0.384 e. The number of hydrogen-bond donors (Lipinski definition) is 1. The van der Waals surface area contributed by atoms with Crippen molar-refractivity contribution in [1.29, 1.82) is 0 Å². The molecule has 0 saturated carbocycles. The molecule has 3 nitrogen and oxygen atoms in total. The van der Waals surface area contributed by atoms with Crippen molar-refractivity contribution in [3.8, 4) is 11.4 Å². The fourth-order valence-corrected chi connectivity index (χ4v) is 3.28. The van der Waals surface area contributed by atoms with Gasteiger partial charge < -0.3 is 9.72 Å². The number of nitrogens with zero attached hydrogens (tertiary/aromatic N) is 1. The van der Waals surface area contributed by atoms with Crippen LogP contribution in [0.3, 0.4) is 0 Å². The van der Waals surface area contributed by atoms with Crippen molar-refractivity contribution >= 4 is 27.0 Å². The molecule has 0 aliphatic heterocycles. The molecule has 120 valence electrons. The van der Waals surface area contributed by atoms with E-state index in [0.29, 0.717) is 12.5 Å². The van der Waals surface area contributed by atoms with Crippen LogP contribution in [0.4, 0.5) is 0 Å². The van der Waals surface area contributed by atoms with Crippen molar-refractivity contribution in [2.45, 2.75) is 26.2 Å². The zero-order chi connectivity index (χ0) is 16.4. The third-order valence-electron chi connectivity index (χ3n) is 4.10. The van der Waals surface area contributed by atoms with E-state index in [0.717, 1.165) is 33.3 Å². The van der Waals surface area contributed by atoms with Gasteiger partial charge in [0, 0.05) is 17.1 Å². The van der Waals surface area contributed by atoms with Crippen molar-refractivity contribution in [3.05, 3.63) is 52.0 Å². The van der Waals surface area contributed by atoms with Crippen LogP contribution in [0.1, 0.15) is 30.9 Å². The van der Waals surface area contributed by atoms with Gasteiger partial charge >= 0.3 is 0 Å². The van der Waals surface area contributed by atoms with Crippen molar-refractivity contribution in [2.75, 3.05) is 13.7 Å². The maximum absolute atomic E-state index is 5.17. The maximum Gasteiger partial charge on any atom is 0.138 e. The molecular formula is C19H21BrN2O. The van der Waals surface area contributed by atoms with Crippen molar-refractivity contribution < 1.29 is 4.74 Å². The Kier molecular flexibility index (Phi) is 4.83. The zero-order valence-electron chi connectivity index (χ0n) is 13.7. The van der Waals surface area contributed by atoms with E-state index in [1.165, 1.54) is 11.1 Å². The first-order valence-electron chi connectivity index (χ1n) is 7.86. The number of ether oxygens (including phenoxy) is 1. The molecule has 0 saturated heterocycles. The van der Waals surface area contributed by atoms with Gasteiger partial charge in [0.1, 0.15) is 11.3 Å². The van der Waals surface area contributed by atoms with Crippen LogP contribution in [-0.2, 0) is 11.2 Å². The summed E-state index contributed by atoms with van der Waals surface area (Å²) in [6.07, 6.45) is 0.873. The van der Waals surface area contributed by atoms with Gasteiger partial charge in [0.2, 0.25) is 0 Å². The highest BCUT2D eigenvalue weighted by molar-refractivity contribution is 9.10. The first kappa shape index (κ1) is 16.2. The first-order chi connectivity index (χ1) is 11.1. The molecule has 0 amide bonds. The Morgan fingerprint density at radius 1 is 1.13 bits per heavy atom. The van der Waals surface area contributed by atoms with Crippen molar-refractivity contribution in [1.82, 2.24) is 9.97 Å². The Balaban J connectivity index is 1.97. The molecule has 1 heterocycles. The molecule has 3 rings (SSSR count). The van der Waals surface area contributed by atoms with E-state index >= 15 is 0 Å². The quantitative estimate of drug-likeness (QED) is 0.659. The molecular weight excluding hydrogens is 352 g/mol. The van der Waals surface area contributed by atoms with Gasteiger partial charge in [-0.25, -0.2) is 4.98 Å². The number of halogens is 1. The standard InChI is InChI=1S/C19H21BrN2O/c1-12(2)13-4-6-15(7-5-13)19-21-16-9-8-14(10-11-23-3)17(20)18(16)22-19/h4-9,12H,10-11H2,1-3H3,(H,21,22). The number of rotatable bonds is 5. The Bertz CT molecular complexity index is 806. The molecule has 1 aromatic heterocycles. The molecule has 0 aliphatic rings. The Morgan fingerprint density at radius 3 is 2.52 bits per heavy atom. The highest BCUT2D eigenvalue weighted by Crippen LogP contribution is 2.30. The lowest BCUT2D eigenvalue weighted by atomic mass is 10.0. The molecule has 0 bridgehead atoms. The largest absolute Gasteiger partial charge is 0.384 e. The average Bonchev–Trinajstić information content (AvgIpc) is 2.99. The van der Waals surface area contributed by atoms with E-state index in [-0.39, 0.29) is 0 Å². The first-order valence-corrected chi connectivity index (χ1v) is 8.66. The number of benzene rings is 2. The van der Waals surface area contributed by atoms with E-state index in [1.54, 1.807) is 7.11 Å². The maximum atomic E-state index is 5.17. The third kappa shape index (κ3) is 3.33. The summed E-state index contributed by atoms with van der Waals surface area (Å²) in [4.78, 5) is 8.19. The number of nitrogens with one attached hydrogen (secondary N) is 1. The van der Waals surface area contributed by atoms with Gasteiger partial charge in [-0.2, -0.15) is 0 Å². The predicted molar refractivity (Wildman–Crippen MR) is 98.9 cm³/mol. The number of imidazole rings is 1. The molecule has 3 aromatic rings. The molecule has 4 heteroatoms. The third-order valence-corrected chi connectivity index (χ3v) is 4.98. The van der Waals surface area contributed by atoms with Gasteiger partial charge in [-0.05, 0) is 45.5 Å². The van der Waals surface area contributed by atoms with E-state index in [1.807, 2.05) is 0 Å². The summed E-state index contributed by atoms with van der Waals surface area (Å²) in [6.45, 7) is 5.11. The molecule has 0 radical (unpaired) electrons. The summed E-state index contributed by atoms with van der Waals surface area (Å²) in [5, 5.41) is 0. The normalized spacial score (nSPS) is 11.5. The summed E-state index contributed by atoms with van der Waals surface area (Å²) in [5.41, 5.74) is 5.68. The Morgan fingerprint density at radius 2 is 1.87 bits per heavy atom. The summed E-state index contributed by atoms with van der Waals surface area (Å²) in [6, 6.07) is 12.8. The van der Waals surface area contributed by atoms with Crippen LogP contribution in [-0.4, -0.2) is 23.7 Å². The van der Waals surface area contributed by atoms with Crippen LogP contribution in [0.15, 0.2) is 40.9 Å². The monoisotopic (exact) mass is 372 g/mol. The number of H-pyrrole nitrogens is 1. The Labute approximate surface area is 145 Å². The summed E-state index contributed by atoms with van der Waals surface area (Å²) < 4.78 is 6.22. The highest BCUT2D eigenvalue weighted by Gasteiger charge is 2.11. The summed E-state index contributed by atoms with van der Waals surface area (Å²) in [7, 11) is 1.72. The Hall–Kier alpha value is -1.65. The van der Waals surface area contributed by atoms with E-state index in [9.17, 15) is 0 Å². The lowest BCUT2D eigenvalue weighted by Gasteiger charge is -2.05. The molecule has 23 heavy (non-hydrogen) atoms. The van der Waals surface area contributed by atoms with Crippen molar-refractivity contribution in [2.24, 2.45) is 0 Å². The molecule has 2 aromatic carbocycles. The van der Waals surface area contributed by atoms with Crippen molar-refractivity contribution in [3.63, 3.8) is 0 Å². The van der Waals surface area contributed by atoms with Crippen LogP contribution < -0.4 is 0 Å². The van der Waals surface area contributed by atoms with Crippen LogP contribution >= 0.6 is 15.9 Å². The molecule has 1 N–H and O–H groups in total. The molecule has 0 spiro atoms. The van der Waals surface area contributed by atoms with Crippen LogP contribution in [0, 0.1) is 0 Å². The van der Waals surface area contributed by atoms with Gasteiger partial charge in [0.15, 0.2) is 0 Å². The SMILES string of the molecule is COCCc1ccc2[nH]c(-c3ccc(C(C)C)cc3)nc2c1Br. The number of fused-ring (bicyclic) bond motifs is 1. The van der Waals surface area contributed by atoms with Crippen LogP contribution in [0.25, 0.3) is 22.4 Å². The number of aromatic nitrogens is 2. The molecule has 0 fully saturated rings. The van der Waals surface area contributed by atoms with Gasteiger partial charge in [-0.3, -0.25) is 0 Å². The second-order valence-electron chi connectivity index (χ2n) is 6.04. The second-order valence-corrected chi connectivity index (χ2v) is 6.83. The van der Waals surface area contributed by atoms with E-state index in [2.05, 4.69) is 71.2 Å². The number of hydrogen-bond acceptors (Lipinski definition) is 2. The molecule has 0 unspecified atom stereocenters. The second kappa shape index (κ2) is 6.85. The molecule has 0 atom stereocenters. The summed E-state index contributed by atoms with van der Waals surface area (Å²) in [5.74, 6) is 1.44. The average molecular weight is 373 g/mol. The predicted octanol–water partition coefficient (Wildman–Crippen LogP) is 5.30. The topological polar surface area (TPSA) is 37.9 Å². The van der Waals surface area contributed by atoms with E-state index < -0.39 is 0 Å². The van der Waals surface area contributed by atoms with Gasteiger partial charge in [-0.1, -0.05) is 44.2 Å². The van der Waals surface area contributed by atoms with Gasteiger partial charge in [0.05, 0.1) is 12.1 Å². The molecule has 0 aliphatic carbocycles. The smallest absolute Gasteiger partial charge is 0.138 e. The highest BCUT2D eigenvalue weighted by atomic mass is 79.9. The lowest BCUT2D eigenvalue weighted by Crippen LogP contribution is -1.95. The fraction of sp³-hybridized carbons (Fsp3) is 0.316. The van der Waals surface area contributed by atoms with Gasteiger partial charge in [0.25, 0.3) is 0 Å². The summed E-state index contributed by atoms with van der Waals surface area (Å²) >= 11 is 3.69. The number of aromatic amines is 1. The minimum atomic E-state index is 0.539. The van der Waals surface area contributed by atoms with Gasteiger partial charge in [-0.15, -0.1) is 0 Å². The number of methoxy groups -OCH3 is 1. The fourth-order valence-electron chi connectivity index (χ4n) is 2.65.